The van der Waals surface area contributed by atoms with E-state index < -0.39 is 0 Å². The first kappa shape index (κ1) is 30.1. The lowest BCUT2D eigenvalue weighted by Crippen LogP contribution is -2.31. The molecule has 6 aromatic heterocycles. The molecule has 9 rings (SSSR count). The Labute approximate surface area is 292 Å². The predicted octanol–water partition coefficient (Wildman–Crippen LogP) is 9.15. The highest BCUT2D eigenvalue weighted by atomic mass is 35.5. The fraction of sp³-hybridized carbons (Fsp3) is 0.231. The summed E-state index contributed by atoms with van der Waals surface area (Å²) in [6, 6.07) is 25.5. The van der Waals surface area contributed by atoms with Gasteiger partial charge in [-0.1, -0.05) is 40.5 Å². The molecule has 0 fully saturated rings. The first-order valence-corrected chi connectivity index (χ1v) is 17.3. The van der Waals surface area contributed by atoms with Crippen LogP contribution in [0.25, 0.3) is 76.3 Å². The zero-order valence-electron chi connectivity index (χ0n) is 28.6. The summed E-state index contributed by atoms with van der Waals surface area (Å²) in [5, 5.41) is 22.9. The summed E-state index contributed by atoms with van der Waals surface area (Å²) in [4.78, 5) is 4.44. The molecule has 0 radical (unpaired) electrons. The molecule has 0 aliphatic carbocycles. The van der Waals surface area contributed by atoms with Crippen LogP contribution in [-0.2, 0) is 0 Å². The van der Waals surface area contributed by atoms with Crippen LogP contribution in [0.3, 0.4) is 0 Å². The lowest BCUT2D eigenvalue weighted by atomic mass is 10.1. The van der Waals surface area contributed by atoms with Gasteiger partial charge in [-0.3, -0.25) is 10.2 Å². The Balaban J connectivity index is 1.14. The molecule has 0 amide bonds. The Kier molecular flexibility index (Phi) is 6.64. The lowest BCUT2D eigenvalue weighted by molar-refractivity contribution is -0.653. The summed E-state index contributed by atoms with van der Waals surface area (Å²) < 4.78 is 8.95. The number of benzene rings is 3. The Hall–Kier alpha value is -5.97. The van der Waals surface area contributed by atoms with Gasteiger partial charge in [0, 0.05) is 57.2 Å². The van der Waals surface area contributed by atoms with Crippen LogP contribution >= 0.6 is 11.6 Å². The molecule has 0 unspecified atom stereocenters. The SMILES string of the molecule is CC(C)n1c2c[n+](-c3ccc4c5n[nH]c(C#[N+]C#Cc6cccc7c8[nH]ncc8n(C(C)C)c67)c5n(C(C)C)c4c3)[nH]c2c2cccc(Cl)c21. The molecule has 0 aliphatic heterocycles. The van der Waals surface area contributed by atoms with E-state index in [-0.39, 0.29) is 18.1 Å². The summed E-state index contributed by atoms with van der Waals surface area (Å²) in [5.41, 5.74) is 11.9. The predicted molar refractivity (Wildman–Crippen MR) is 201 cm³/mol. The molecule has 0 spiro atoms. The molecule has 11 heteroatoms. The third-order valence-corrected chi connectivity index (χ3v) is 9.95. The van der Waals surface area contributed by atoms with Crippen molar-refractivity contribution in [2.45, 2.75) is 59.7 Å². The molecule has 246 valence electrons. The first-order valence-electron chi connectivity index (χ1n) is 16.9. The van der Waals surface area contributed by atoms with E-state index in [2.05, 4.69) is 140 Å². The second-order valence-electron chi connectivity index (χ2n) is 13.7. The van der Waals surface area contributed by atoms with Gasteiger partial charge in [0.2, 0.25) is 17.6 Å². The minimum absolute atomic E-state index is 0.152. The maximum absolute atomic E-state index is 6.68. The van der Waals surface area contributed by atoms with Crippen molar-refractivity contribution in [2.75, 3.05) is 0 Å². The topological polar surface area (TPSA) is 96.2 Å². The number of rotatable bonds is 4. The quantitative estimate of drug-likeness (QED) is 0.128. The molecule has 0 atom stereocenters. The fourth-order valence-electron chi connectivity index (χ4n) is 7.69. The Bertz CT molecular complexity index is 2950. The number of hydrogen-bond acceptors (Lipinski definition) is 2. The largest absolute Gasteiger partial charge is 0.380 e. The van der Waals surface area contributed by atoms with Gasteiger partial charge in [-0.25, -0.2) is 0 Å². The number of nitrogens with zero attached hydrogens (tertiary/aromatic N) is 7. The van der Waals surface area contributed by atoms with E-state index in [0.29, 0.717) is 5.69 Å². The average molecular weight is 679 g/mol. The van der Waals surface area contributed by atoms with Gasteiger partial charge in [0.15, 0.2) is 0 Å². The number of H-pyrrole nitrogens is 3. The van der Waals surface area contributed by atoms with Crippen molar-refractivity contribution in [3.63, 3.8) is 0 Å². The third-order valence-electron chi connectivity index (χ3n) is 9.64. The summed E-state index contributed by atoms with van der Waals surface area (Å²) in [7, 11) is 0. The van der Waals surface area contributed by atoms with E-state index in [1.54, 1.807) is 0 Å². The minimum Gasteiger partial charge on any atom is -0.334 e. The van der Waals surface area contributed by atoms with E-state index >= 15 is 0 Å². The normalized spacial score (nSPS) is 12.1. The fourth-order valence-corrected chi connectivity index (χ4v) is 7.96. The van der Waals surface area contributed by atoms with Gasteiger partial charge >= 0.3 is 12.1 Å². The van der Waals surface area contributed by atoms with Crippen LogP contribution in [-0.4, -0.2) is 39.2 Å². The van der Waals surface area contributed by atoms with Gasteiger partial charge in [-0.15, -0.1) is 0 Å². The van der Waals surface area contributed by atoms with Gasteiger partial charge in [-0.05, 0) is 59.7 Å². The number of aromatic nitrogens is 9. The highest BCUT2D eigenvalue weighted by molar-refractivity contribution is 6.36. The molecule has 0 saturated carbocycles. The van der Waals surface area contributed by atoms with Crippen molar-refractivity contribution in [3.05, 3.63) is 88.1 Å². The van der Waals surface area contributed by atoms with E-state index in [0.717, 1.165) is 82.1 Å². The molecule has 9 aromatic rings. The highest BCUT2D eigenvalue weighted by Crippen LogP contribution is 2.36. The molecule has 0 saturated heterocycles. The number of aromatic amines is 3. The molecule has 0 aliphatic rings. The maximum Gasteiger partial charge on any atom is 0.380 e. The van der Waals surface area contributed by atoms with E-state index in [4.69, 9.17) is 16.7 Å². The zero-order chi connectivity index (χ0) is 34.4. The van der Waals surface area contributed by atoms with E-state index in [9.17, 15) is 0 Å². The smallest absolute Gasteiger partial charge is 0.334 e. The number of para-hydroxylation sites is 2. The second-order valence-corrected chi connectivity index (χ2v) is 14.1. The monoisotopic (exact) mass is 678 g/mol. The number of fused-ring (bicyclic) bond motifs is 9. The molecular formula is C39H35ClN10+2. The summed E-state index contributed by atoms with van der Waals surface area (Å²) >= 11 is 6.68. The number of nitrogens with one attached hydrogen (secondary N) is 3. The minimum atomic E-state index is 0.152. The van der Waals surface area contributed by atoms with Crippen LogP contribution < -0.4 is 4.68 Å². The van der Waals surface area contributed by atoms with Crippen LogP contribution in [0.5, 0.6) is 0 Å². The van der Waals surface area contributed by atoms with Crippen LogP contribution in [0.15, 0.2) is 67.0 Å². The number of halogens is 1. The molecule has 3 aromatic carbocycles. The van der Waals surface area contributed by atoms with Crippen molar-refractivity contribution in [3.8, 4) is 23.7 Å². The third kappa shape index (κ3) is 4.25. The first-order chi connectivity index (χ1) is 24.2. The highest BCUT2D eigenvalue weighted by Gasteiger charge is 2.26. The van der Waals surface area contributed by atoms with Gasteiger partial charge in [0.05, 0.1) is 44.4 Å². The van der Waals surface area contributed by atoms with Gasteiger partial charge in [-0.2, -0.15) is 15.3 Å². The van der Waals surface area contributed by atoms with Gasteiger partial charge in [0.1, 0.15) is 22.1 Å². The zero-order valence-corrected chi connectivity index (χ0v) is 29.3. The van der Waals surface area contributed by atoms with E-state index in [1.165, 1.54) is 0 Å². The van der Waals surface area contributed by atoms with Crippen LogP contribution in [0.1, 0.15) is 70.9 Å². The maximum atomic E-state index is 6.68. The van der Waals surface area contributed by atoms with Crippen LogP contribution in [0, 0.1) is 18.0 Å². The molecule has 50 heavy (non-hydrogen) atoms. The standard InChI is InChI=1S/C39H33ClN10/c1-21(2)48-31-17-25(47-20-33-35(46-47)28-11-8-12-29(40)38(28)50(33)23(5)6)13-14-26(31)36-39(48)30(43-45-36)18-41-16-15-24-9-7-10-27-34-32(19-42-44-34)49(22(3)4)37(24)27/h7-14,17,19-23H,1-6H3,(H,42,44)/p+2. The second kappa shape index (κ2) is 11.0. The molecule has 10 nitrogen and oxygen atoms in total. The van der Waals surface area contributed by atoms with Gasteiger partial charge < -0.3 is 13.7 Å². The Morgan fingerprint density at radius 3 is 2.26 bits per heavy atom. The summed E-state index contributed by atoms with van der Waals surface area (Å²) in [6.45, 7) is 13.1. The number of hydrogen-bond donors (Lipinski definition) is 3. The van der Waals surface area contributed by atoms with Gasteiger partial charge in [0.25, 0.3) is 0 Å². The van der Waals surface area contributed by atoms with Crippen molar-refractivity contribution >= 4 is 77.4 Å². The molecular weight excluding hydrogens is 644 g/mol. The molecule has 3 N–H and O–H groups in total. The summed E-state index contributed by atoms with van der Waals surface area (Å²) in [6.07, 6.45) is 4.03. The molecule has 0 bridgehead atoms. The summed E-state index contributed by atoms with van der Waals surface area (Å²) in [5.74, 6) is 3.28. The van der Waals surface area contributed by atoms with Crippen molar-refractivity contribution < 1.29 is 4.68 Å². The van der Waals surface area contributed by atoms with Crippen molar-refractivity contribution in [1.29, 1.82) is 0 Å². The van der Waals surface area contributed by atoms with Crippen LogP contribution in [0.2, 0.25) is 5.02 Å². The average Bonchev–Trinajstić information content (AvgIpc) is 3.91. The van der Waals surface area contributed by atoms with Crippen molar-refractivity contribution in [1.82, 2.24) is 39.2 Å². The molecule has 6 heterocycles. The van der Waals surface area contributed by atoms with Crippen molar-refractivity contribution in [2.24, 2.45) is 0 Å². The van der Waals surface area contributed by atoms with E-state index in [1.807, 2.05) is 30.5 Å². The lowest BCUT2D eigenvalue weighted by Gasteiger charge is -2.11. The Morgan fingerprint density at radius 1 is 0.760 bits per heavy atom. The Morgan fingerprint density at radius 2 is 1.48 bits per heavy atom. The van der Waals surface area contributed by atoms with Crippen LogP contribution in [0.4, 0.5) is 0 Å².